The molecule has 0 aliphatic heterocycles. The number of aryl methyl sites for hydroxylation is 1. The van der Waals surface area contributed by atoms with Crippen molar-refractivity contribution in [1.29, 1.82) is 0 Å². The van der Waals surface area contributed by atoms with Gasteiger partial charge in [-0.05, 0) is 49.2 Å². The number of benzene rings is 1. The molecule has 3 heteroatoms. The summed E-state index contributed by atoms with van der Waals surface area (Å²) in [6, 6.07) is 11.0. The molecule has 0 amide bonds. The first-order valence-corrected chi connectivity index (χ1v) is 7.41. The highest BCUT2D eigenvalue weighted by atomic mass is 16.5. The van der Waals surface area contributed by atoms with Crippen molar-refractivity contribution in [2.75, 3.05) is 6.61 Å². The third kappa shape index (κ3) is 4.15. The Labute approximate surface area is 126 Å². The van der Waals surface area contributed by atoms with Gasteiger partial charge in [0, 0.05) is 11.8 Å². The number of nitrogens with zero attached hydrogens (tertiary/aromatic N) is 1. The summed E-state index contributed by atoms with van der Waals surface area (Å²) in [4.78, 5) is 16.5. The second kappa shape index (κ2) is 7.58. The maximum atomic E-state index is 12.4. The zero-order valence-corrected chi connectivity index (χ0v) is 12.6. The standard InChI is InChI=1S/C18H21NO2/c1-3-4-5-13-21-16-10-8-15(9-11-16)18(20)17-14(2)7-6-12-19-17/h6-12H,3-5,13H2,1-2H3. The number of ether oxygens (including phenoxy) is 1. The summed E-state index contributed by atoms with van der Waals surface area (Å²) in [5, 5.41) is 0. The monoisotopic (exact) mass is 283 g/mol. The van der Waals surface area contributed by atoms with Gasteiger partial charge in [-0.2, -0.15) is 0 Å². The largest absolute Gasteiger partial charge is 0.494 e. The van der Waals surface area contributed by atoms with Gasteiger partial charge in [0.05, 0.1) is 6.61 Å². The Bertz CT molecular complexity index is 590. The third-order valence-electron chi connectivity index (χ3n) is 3.36. The molecule has 2 rings (SSSR count). The summed E-state index contributed by atoms with van der Waals surface area (Å²) >= 11 is 0. The van der Waals surface area contributed by atoms with Gasteiger partial charge in [0.15, 0.2) is 0 Å². The van der Waals surface area contributed by atoms with E-state index in [-0.39, 0.29) is 5.78 Å². The van der Waals surface area contributed by atoms with Crippen molar-refractivity contribution < 1.29 is 9.53 Å². The molecule has 0 saturated carbocycles. The van der Waals surface area contributed by atoms with Gasteiger partial charge in [-0.3, -0.25) is 9.78 Å². The Morgan fingerprint density at radius 2 is 1.90 bits per heavy atom. The molecule has 0 atom stereocenters. The van der Waals surface area contributed by atoms with Crippen molar-refractivity contribution in [2.24, 2.45) is 0 Å². The van der Waals surface area contributed by atoms with E-state index in [2.05, 4.69) is 11.9 Å². The minimum atomic E-state index is -0.0503. The van der Waals surface area contributed by atoms with E-state index < -0.39 is 0 Å². The van der Waals surface area contributed by atoms with Gasteiger partial charge >= 0.3 is 0 Å². The van der Waals surface area contributed by atoms with Crippen LogP contribution in [0.5, 0.6) is 5.75 Å². The fourth-order valence-electron chi connectivity index (χ4n) is 2.10. The Kier molecular flexibility index (Phi) is 5.50. The lowest BCUT2D eigenvalue weighted by Gasteiger charge is -2.07. The summed E-state index contributed by atoms with van der Waals surface area (Å²) in [5.41, 5.74) is 2.04. The second-order valence-corrected chi connectivity index (χ2v) is 5.08. The number of ketones is 1. The Morgan fingerprint density at radius 3 is 2.57 bits per heavy atom. The zero-order valence-electron chi connectivity index (χ0n) is 12.6. The number of aromatic nitrogens is 1. The highest BCUT2D eigenvalue weighted by molar-refractivity contribution is 6.08. The summed E-state index contributed by atoms with van der Waals surface area (Å²) in [7, 11) is 0. The Morgan fingerprint density at radius 1 is 1.14 bits per heavy atom. The first-order valence-electron chi connectivity index (χ1n) is 7.41. The molecule has 0 radical (unpaired) electrons. The normalized spacial score (nSPS) is 10.4. The highest BCUT2D eigenvalue weighted by Gasteiger charge is 2.12. The van der Waals surface area contributed by atoms with Crippen LogP contribution in [0.25, 0.3) is 0 Å². The number of hydrogen-bond acceptors (Lipinski definition) is 3. The van der Waals surface area contributed by atoms with Gasteiger partial charge in [0.1, 0.15) is 11.4 Å². The highest BCUT2D eigenvalue weighted by Crippen LogP contribution is 2.16. The van der Waals surface area contributed by atoms with Crippen molar-refractivity contribution >= 4 is 5.78 Å². The molecular weight excluding hydrogens is 262 g/mol. The first-order chi connectivity index (χ1) is 10.2. The maximum absolute atomic E-state index is 12.4. The van der Waals surface area contributed by atoms with E-state index in [1.165, 1.54) is 12.8 Å². The fraction of sp³-hybridized carbons (Fsp3) is 0.333. The molecule has 21 heavy (non-hydrogen) atoms. The van der Waals surface area contributed by atoms with E-state index in [1.807, 2.05) is 31.2 Å². The van der Waals surface area contributed by atoms with Gasteiger partial charge in [-0.15, -0.1) is 0 Å². The van der Waals surface area contributed by atoms with E-state index in [0.29, 0.717) is 11.3 Å². The van der Waals surface area contributed by atoms with Gasteiger partial charge in [0.25, 0.3) is 0 Å². The number of rotatable bonds is 7. The molecule has 0 unspecified atom stereocenters. The summed E-state index contributed by atoms with van der Waals surface area (Å²) in [6.45, 7) is 4.78. The van der Waals surface area contributed by atoms with E-state index in [1.54, 1.807) is 18.3 Å². The van der Waals surface area contributed by atoms with Crippen molar-refractivity contribution in [3.63, 3.8) is 0 Å². The lowest BCUT2D eigenvalue weighted by Crippen LogP contribution is -2.06. The van der Waals surface area contributed by atoms with Crippen LogP contribution in [0.1, 0.15) is 47.8 Å². The SMILES string of the molecule is CCCCCOc1ccc(C(=O)c2ncccc2C)cc1. The Hall–Kier alpha value is -2.16. The zero-order chi connectivity index (χ0) is 15.1. The molecule has 0 bridgehead atoms. The molecule has 2 aromatic rings. The number of pyridine rings is 1. The second-order valence-electron chi connectivity index (χ2n) is 5.08. The van der Waals surface area contributed by atoms with E-state index in [4.69, 9.17) is 4.74 Å². The van der Waals surface area contributed by atoms with Gasteiger partial charge in [-0.1, -0.05) is 25.8 Å². The van der Waals surface area contributed by atoms with Gasteiger partial charge in [-0.25, -0.2) is 0 Å². The molecule has 0 fully saturated rings. The molecular formula is C18H21NO2. The molecule has 0 saturated heterocycles. The maximum Gasteiger partial charge on any atom is 0.211 e. The summed E-state index contributed by atoms with van der Waals surface area (Å²) in [5.74, 6) is 0.756. The molecule has 1 aromatic carbocycles. The summed E-state index contributed by atoms with van der Waals surface area (Å²) < 4.78 is 5.65. The molecule has 3 nitrogen and oxygen atoms in total. The predicted octanol–water partition coefficient (Wildman–Crippen LogP) is 4.19. The average molecular weight is 283 g/mol. The molecule has 0 N–H and O–H groups in total. The number of carbonyl (C=O) groups is 1. The van der Waals surface area contributed by atoms with E-state index >= 15 is 0 Å². The van der Waals surface area contributed by atoms with Crippen molar-refractivity contribution in [1.82, 2.24) is 4.98 Å². The molecule has 0 aliphatic carbocycles. The van der Waals surface area contributed by atoms with Gasteiger partial charge in [0.2, 0.25) is 5.78 Å². The minimum absolute atomic E-state index is 0.0503. The van der Waals surface area contributed by atoms with Crippen molar-refractivity contribution in [3.05, 3.63) is 59.4 Å². The lowest BCUT2D eigenvalue weighted by atomic mass is 10.0. The molecule has 0 aliphatic rings. The van der Waals surface area contributed by atoms with E-state index in [9.17, 15) is 4.79 Å². The van der Waals surface area contributed by atoms with Crippen LogP contribution in [0.4, 0.5) is 0 Å². The topological polar surface area (TPSA) is 39.2 Å². The number of unbranched alkanes of at least 4 members (excludes halogenated alkanes) is 2. The quantitative estimate of drug-likeness (QED) is 0.565. The molecule has 0 spiro atoms. The van der Waals surface area contributed by atoms with Crippen LogP contribution in [0.3, 0.4) is 0 Å². The van der Waals surface area contributed by atoms with Crippen LogP contribution in [0, 0.1) is 6.92 Å². The van der Waals surface area contributed by atoms with E-state index in [0.717, 1.165) is 24.3 Å². The average Bonchev–Trinajstić information content (AvgIpc) is 2.52. The molecule has 1 heterocycles. The first kappa shape index (κ1) is 15.2. The van der Waals surface area contributed by atoms with Crippen LogP contribution < -0.4 is 4.74 Å². The molecule has 110 valence electrons. The van der Waals surface area contributed by atoms with Crippen LogP contribution in [-0.2, 0) is 0 Å². The van der Waals surface area contributed by atoms with Gasteiger partial charge < -0.3 is 4.74 Å². The van der Waals surface area contributed by atoms with Crippen LogP contribution in [0.2, 0.25) is 0 Å². The third-order valence-corrected chi connectivity index (χ3v) is 3.36. The Balaban J connectivity index is 2.02. The number of hydrogen-bond donors (Lipinski definition) is 0. The van der Waals surface area contributed by atoms with Crippen LogP contribution >= 0.6 is 0 Å². The molecule has 1 aromatic heterocycles. The van der Waals surface area contributed by atoms with Crippen LogP contribution in [0.15, 0.2) is 42.6 Å². The lowest BCUT2D eigenvalue weighted by molar-refractivity contribution is 0.103. The summed E-state index contributed by atoms with van der Waals surface area (Å²) in [6.07, 6.45) is 5.06. The van der Waals surface area contributed by atoms with Crippen molar-refractivity contribution in [2.45, 2.75) is 33.1 Å². The fourth-order valence-corrected chi connectivity index (χ4v) is 2.10. The number of carbonyl (C=O) groups excluding carboxylic acids is 1. The van der Waals surface area contributed by atoms with Crippen LogP contribution in [-0.4, -0.2) is 17.4 Å². The predicted molar refractivity (Wildman–Crippen MR) is 83.9 cm³/mol. The minimum Gasteiger partial charge on any atom is -0.494 e. The smallest absolute Gasteiger partial charge is 0.211 e. The van der Waals surface area contributed by atoms with Crippen molar-refractivity contribution in [3.8, 4) is 5.75 Å².